The molecule has 2 aromatic heterocycles. The number of hydrogen-bond acceptors (Lipinski definition) is 7. The van der Waals surface area contributed by atoms with Crippen molar-refractivity contribution in [1.82, 2.24) is 14.5 Å². The van der Waals surface area contributed by atoms with Gasteiger partial charge in [-0.3, -0.25) is 14.3 Å². The van der Waals surface area contributed by atoms with Crippen LogP contribution in [0.15, 0.2) is 87.6 Å². The fourth-order valence-corrected chi connectivity index (χ4v) is 5.93. The predicted octanol–water partition coefficient (Wildman–Crippen LogP) is 4.98. The van der Waals surface area contributed by atoms with Crippen LogP contribution in [0.1, 0.15) is 43.3 Å². The van der Waals surface area contributed by atoms with Gasteiger partial charge in [0, 0.05) is 25.9 Å². The maximum Gasteiger partial charge on any atom is 0.277 e. The number of aryl methyl sites for hydroxylation is 2. The Labute approximate surface area is 228 Å². The summed E-state index contributed by atoms with van der Waals surface area (Å²) in [6, 6.07) is 16.7. The molecule has 2 aromatic carbocycles. The van der Waals surface area contributed by atoms with Crippen molar-refractivity contribution in [1.29, 1.82) is 0 Å². The zero-order valence-corrected chi connectivity index (χ0v) is 23.4. The minimum absolute atomic E-state index is 0.114. The highest BCUT2D eigenvalue weighted by atomic mass is 32.2. The zero-order valence-electron chi connectivity index (χ0n) is 22.5. The van der Waals surface area contributed by atoms with Crippen LogP contribution in [0.3, 0.4) is 0 Å². The van der Waals surface area contributed by atoms with Gasteiger partial charge >= 0.3 is 0 Å². The van der Waals surface area contributed by atoms with E-state index in [2.05, 4.69) is 9.97 Å². The Kier molecular flexibility index (Phi) is 8.62. The summed E-state index contributed by atoms with van der Waals surface area (Å²) in [6.45, 7) is 6.12. The molecule has 39 heavy (non-hydrogen) atoms. The lowest BCUT2D eigenvalue weighted by Gasteiger charge is -2.24. The van der Waals surface area contributed by atoms with E-state index in [4.69, 9.17) is 4.74 Å². The first kappa shape index (κ1) is 28.2. The Morgan fingerprint density at radius 3 is 2.33 bits per heavy atom. The fraction of sp³-hybridized carbons (Fsp3) is 0.300. The van der Waals surface area contributed by atoms with Crippen LogP contribution in [0, 0.1) is 12.8 Å². The van der Waals surface area contributed by atoms with Gasteiger partial charge < -0.3 is 9.84 Å². The van der Waals surface area contributed by atoms with E-state index in [1.165, 1.54) is 23.8 Å². The van der Waals surface area contributed by atoms with Gasteiger partial charge in [0.05, 0.1) is 17.5 Å². The monoisotopic (exact) mass is 547 g/mol. The highest BCUT2D eigenvalue weighted by Gasteiger charge is 2.32. The first-order chi connectivity index (χ1) is 18.6. The number of aromatic hydroxyl groups is 1. The maximum absolute atomic E-state index is 14.0. The third-order valence-electron chi connectivity index (χ3n) is 6.66. The molecule has 0 fully saturated rings. The molecular weight excluding hydrogens is 514 g/mol. The Bertz CT molecular complexity index is 1600. The first-order valence-electron chi connectivity index (χ1n) is 12.8. The number of sulfone groups is 1. The van der Waals surface area contributed by atoms with E-state index in [0.717, 1.165) is 22.3 Å². The lowest BCUT2D eigenvalue weighted by atomic mass is 10.0. The van der Waals surface area contributed by atoms with Gasteiger partial charge in [-0.2, -0.15) is 4.98 Å². The van der Waals surface area contributed by atoms with Crippen molar-refractivity contribution in [2.75, 3.05) is 13.7 Å². The van der Waals surface area contributed by atoms with E-state index in [0.29, 0.717) is 24.6 Å². The normalized spacial score (nSPS) is 12.5. The number of pyridine rings is 1. The molecule has 0 saturated heterocycles. The molecule has 0 amide bonds. The van der Waals surface area contributed by atoms with Gasteiger partial charge in [-0.1, -0.05) is 56.3 Å². The highest BCUT2D eigenvalue weighted by Crippen LogP contribution is 2.30. The summed E-state index contributed by atoms with van der Waals surface area (Å²) in [7, 11) is -2.89. The second-order valence-electron chi connectivity index (χ2n) is 9.89. The van der Waals surface area contributed by atoms with E-state index in [1.54, 1.807) is 24.5 Å². The van der Waals surface area contributed by atoms with Crippen LogP contribution in [0.25, 0.3) is 11.1 Å². The maximum atomic E-state index is 14.0. The van der Waals surface area contributed by atoms with Crippen LogP contribution < -0.4 is 5.56 Å². The van der Waals surface area contributed by atoms with Crippen molar-refractivity contribution < 1.29 is 18.3 Å². The van der Waals surface area contributed by atoms with E-state index >= 15 is 0 Å². The molecule has 8 nitrogen and oxygen atoms in total. The van der Waals surface area contributed by atoms with E-state index in [9.17, 15) is 18.3 Å². The van der Waals surface area contributed by atoms with Crippen LogP contribution in [0.5, 0.6) is 5.88 Å². The molecule has 2 heterocycles. The third kappa shape index (κ3) is 5.94. The number of methoxy groups -OCH3 is 1. The molecule has 4 aromatic rings. The molecule has 9 heteroatoms. The molecule has 1 unspecified atom stereocenters. The van der Waals surface area contributed by atoms with Crippen LogP contribution >= 0.6 is 0 Å². The van der Waals surface area contributed by atoms with Crippen LogP contribution in [-0.2, 0) is 21.0 Å². The Balaban J connectivity index is 1.88. The highest BCUT2D eigenvalue weighted by molar-refractivity contribution is 7.91. The number of aromatic nitrogens is 3. The Morgan fingerprint density at radius 1 is 1.03 bits per heavy atom. The summed E-state index contributed by atoms with van der Waals surface area (Å²) in [5.41, 5.74) is 2.60. The zero-order chi connectivity index (χ0) is 28.2. The Hall–Kier alpha value is -3.82. The molecule has 204 valence electrons. The molecule has 0 saturated carbocycles. The van der Waals surface area contributed by atoms with Gasteiger partial charge in [0.1, 0.15) is 5.82 Å². The number of ether oxygens (including phenoxy) is 1. The third-order valence-corrected chi connectivity index (χ3v) is 8.45. The molecular formula is C30H33N3O5S. The van der Waals surface area contributed by atoms with Crippen LogP contribution in [-0.4, -0.2) is 41.8 Å². The van der Waals surface area contributed by atoms with Gasteiger partial charge in [-0.05, 0) is 59.7 Å². The van der Waals surface area contributed by atoms with E-state index in [1.807, 2.05) is 57.2 Å². The van der Waals surface area contributed by atoms with Crippen LogP contribution in [0.4, 0.5) is 0 Å². The summed E-state index contributed by atoms with van der Waals surface area (Å²) in [6.07, 6.45) is 4.48. The van der Waals surface area contributed by atoms with Gasteiger partial charge in [-0.25, -0.2) is 8.42 Å². The Morgan fingerprint density at radius 2 is 1.72 bits per heavy atom. The lowest BCUT2D eigenvalue weighted by molar-refractivity contribution is 0.165. The molecule has 0 aliphatic heterocycles. The van der Waals surface area contributed by atoms with Crippen molar-refractivity contribution in [3.63, 3.8) is 0 Å². The number of nitrogens with zero attached hydrogens (tertiary/aromatic N) is 3. The second kappa shape index (κ2) is 11.9. The average molecular weight is 548 g/mol. The number of benzene rings is 2. The average Bonchev–Trinajstić information content (AvgIpc) is 2.91. The summed E-state index contributed by atoms with van der Waals surface area (Å²) in [5.74, 6) is -0.186. The molecule has 0 bridgehead atoms. The summed E-state index contributed by atoms with van der Waals surface area (Å²) >= 11 is 0. The van der Waals surface area contributed by atoms with Crippen molar-refractivity contribution in [2.45, 2.75) is 49.4 Å². The van der Waals surface area contributed by atoms with Crippen molar-refractivity contribution in [2.24, 2.45) is 5.92 Å². The van der Waals surface area contributed by atoms with Gasteiger partial charge in [0.2, 0.25) is 15.7 Å². The topological polar surface area (TPSA) is 111 Å². The fourth-order valence-electron chi connectivity index (χ4n) is 4.58. The van der Waals surface area contributed by atoms with E-state index in [-0.39, 0.29) is 11.5 Å². The number of rotatable bonds is 10. The van der Waals surface area contributed by atoms with Crippen molar-refractivity contribution >= 4 is 9.84 Å². The van der Waals surface area contributed by atoms with Crippen molar-refractivity contribution in [3.05, 3.63) is 100 Å². The molecule has 0 radical (unpaired) electrons. The van der Waals surface area contributed by atoms with E-state index < -0.39 is 32.2 Å². The molecule has 0 aliphatic rings. The first-order valence-corrected chi connectivity index (χ1v) is 14.3. The molecule has 4 rings (SSSR count). The summed E-state index contributed by atoms with van der Waals surface area (Å²) in [5, 5.41) is 10.9. The molecule has 1 atom stereocenters. The SMILES string of the molecule is COCC(c1ccccc1)n1c(CCC(C)C)nc(O)c(S(=O)(=O)c2ccc(-c3ccncc3C)cc2)c1=O. The van der Waals surface area contributed by atoms with Gasteiger partial charge in [-0.15, -0.1) is 0 Å². The van der Waals surface area contributed by atoms with Crippen LogP contribution in [0.2, 0.25) is 0 Å². The second-order valence-corrected chi connectivity index (χ2v) is 11.8. The van der Waals surface area contributed by atoms with Gasteiger partial charge in [0.25, 0.3) is 5.56 Å². The molecule has 1 N–H and O–H groups in total. The number of hydrogen-bond donors (Lipinski definition) is 1. The molecule has 0 spiro atoms. The summed E-state index contributed by atoms with van der Waals surface area (Å²) < 4.78 is 34.4. The quantitative estimate of drug-likeness (QED) is 0.298. The van der Waals surface area contributed by atoms with Crippen molar-refractivity contribution in [3.8, 4) is 17.0 Å². The smallest absolute Gasteiger partial charge is 0.277 e. The summed E-state index contributed by atoms with van der Waals surface area (Å²) in [4.78, 5) is 21.5. The minimum Gasteiger partial charge on any atom is -0.492 e. The minimum atomic E-state index is -4.41. The molecule has 0 aliphatic carbocycles. The predicted molar refractivity (Wildman–Crippen MR) is 150 cm³/mol. The largest absolute Gasteiger partial charge is 0.492 e. The standard InChI is InChI=1S/C30H33N3O5S/c1-20(2)10-15-27-32-29(34)28(30(35)33(27)26(19-38-4)23-8-6-5-7-9-23)39(36,37)24-13-11-22(12-14-24)25-16-17-31-18-21(25)3/h5-9,11-14,16-18,20,26,34H,10,15,19H2,1-4H3. The lowest BCUT2D eigenvalue weighted by Crippen LogP contribution is -2.35. The van der Waals surface area contributed by atoms with Gasteiger partial charge in [0.15, 0.2) is 4.90 Å².